The van der Waals surface area contributed by atoms with Crippen LogP contribution >= 0.6 is 0 Å². The van der Waals surface area contributed by atoms with Crippen molar-refractivity contribution in [3.63, 3.8) is 0 Å². The molecule has 3 N–H and O–H groups in total. The molecule has 3 aromatic rings. The zero-order chi connectivity index (χ0) is 24.1. The van der Waals surface area contributed by atoms with Crippen molar-refractivity contribution in [1.82, 2.24) is 9.97 Å². The molecule has 1 saturated carbocycles. The molecule has 1 aliphatic rings. The van der Waals surface area contributed by atoms with Crippen LogP contribution in [0.1, 0.15) is 31.2 Å². The number of carboxylic acids is 1. The van der Waals surface area contributed by atoms with Crippen LogP contribution in [0.5, 0.6) is 11.5 Å². The zero-order valence-corrected chi connectivity index (χ0v) is 19.5. The summed E-state index contributed by atoms with van der Waals surface area (Å²) in [5.74, 6) is 1.18. The molecule has 0 bridgehead atoms. The van der Waals surface area contributed by atoms with E-state index >= 15 is 0 Å². The van der Waals surface area contributed by atoms with Gasteiger partial charge >= 0.3 is 5.97 Å². The Kier molecular flexibility index (Phi) is 7.27. The van der Waals surface area contributed by atoms with Crippen molar-refractivity contribution in [1.29, 1.82) is 0 Å². The van der Waals surface area contributed by atoms with Crippen LogP contribution in [0.15, 0.2) is 54.9 Å². The number of hydrogen-bond acceptors (Lipinski definition) is 7. The van der Waals surface area contributed by atoms with Gasteiger partial charge in [0, 0.05) is 30.4 Å². The largest absolute Gasteiger partial charge is 0.493 e. The number of rotatable bonds is 9. The SMILES string of the molecule is COc1ccc(N(C)c2cc(-c3ccc(C[C@H](N)C(=O)O)cc3)ncn2)cc1OC1CCCC1. The van der Waals surface area contributed by atoms with Crippen LogP contribution in [-0.2, 0) is 11.2 Å². The normalized spacial score (nSPS) is 14.6. The van der Waals surface area contributed by atoms with Gasteiger partial charge in [0.25, 0.3) is 0 Å². The van der Waals surface area contributed by atoms with Gasteiger partial charge in [-0.3, -0.25) is 4.79 Å². The van der Waals surface area contributed by atoms with Gasteiger partial charge in [0.1, 0.15) is 18.2 Å². The van der Waals surface area contributed by atoms with Gasteiger partial charge < -0.3 is 25.2 Å². The van der Waals surface area contributed by atoms with Gasteiger partial charge in [-0.05, 0) is 49.8 Å². The molecule has 1 atom stereocenters. The second kappa shape index (κ2) is 10.5. The van der Waals surface area contributed by atoms with Crippen molar-refractivity contribution in [2.45, 2.75) is 44.2 Å². The second-order valence-corrected chi connectivity index (χ2v) is 8.53. The quantitative estimate of drug-likeness (QED) is 0.487. The van der Waals surface area contributed by atoms with Crippen molar-refractivity contribution in [2.75, 3.05) is 19.1 Å². The Bertz CT molecular complexity index is 1130. The molecular formula is C26H30N4O4. The molecule has 1 aliphatic carbocycles. The van der Waals surface area contributed by atoms with E-state index in [4.69, 9.17) is 20.3 Å². The van der Waals surface area contributed by atoms with Crippen LogP contribution < -0.4 is 20.1 Å². The fourth-order valence-electron chi connectivity index (χ4n) is 4.13. The number of nitrogens with zero attached hydrogens (tertiary/aromatic N) is 3. The monoisotopic (exact) mass is 462 g/mol. The van der Waals surface area contributed by atoms with Gasteiger partial charge in [-0.15, -0.1) is 0 Å². The minimum absolute atomic E-state index is 0.230. The summed E-state index contributed by atoms with van der Waals surface area (Å²) in [4.78, 5) is 21.8. The number of aromatic nitrogens is 2. The van der Waals surface area contributed by atoms with Gasteiger partial charge in [0.15, 0.2) is 11.5 Å². The highest BCUT2D eigenvalue weighted by atomic mass is 16.5. The maximum Gasteiger partial charge on any atom is 0.320 e. The molecule has 0 spiro atoms. The van der Waals surface area contributed by atoms with Crippen LogP contribution in [0.3, 0.4) is 0 Å². The number of hydrogen-bond donors (Lipinski definition) is 2. The third-order valence-corrected chi connectivity index (χ3v) is 6.15. The Morgan fingerprint density at radius 2 is 1.85 bits per heavy atom. The van der Waals surface area contributed by atoms with Crippen LogP contribution in [0, 0.1) is 0 Å². The predicted octanol–water partition coefficient (Wildman–Crippen LogP) is 4.20. The summed E-state index contributed by atoms with van der Waals surface area (Å²) < 4.78 is 11.8. The Hall–Kier alpha value is -3.65. The van der Waals surface area contributed by atoms with E-state index in [1.54, 1.807) is 7.11 Å². The minimum atomic E-state index is -1.01. The van der Waals surface area contributed by atoms with Crippen LogP contribution in [0.4, 0.5) is 11.5 Å². The molecule has 1 aromatic heterocycles. The van der Waals surface area contributed by atoms with Crippen molar-refractivity contribution in [3.8, 4) is 22.8 Å². The third kappa shape index (κ3) is 5.46. The van der Waals surface area contributed by atoms with Crippen molar-refractivity contribution in [2.24, 2.45) is 5.73 Å². The van der Waals surface area contributed by atoms with Gasteiger partial charge in [-0.25, -0.2) is 9.97 Å². The number of ether oxygens (including phenoxy) is 2. The zero-order valence-electron chi connectivity index (χ0n) is 19.5. The molecule has 2 aromatic carbocycles. The molecule has 1 fully saturated rings. The fraction of sp³-hybridized carbons (Fsp3) is 0.346. The highest BCUT2D eigenvalue weighted by Crippen LogP contribution is 2.36. The Balaban J connectivity index is 1.53. The van der Waals surface area contributed by atoms with Crippen molar-refractivity contribution in [3.05, 3.63) is 60.4 Å². The molecular weight excluding hydrogens is 432 g/mol. The van der Waals surface area contributed by atoms with E-state index in [1.807, 2.05) is 60.5 Å². The summed E-state index contributed by atoms with van der Waals surface area (Å²) in [7, 11) is 3.60. The molecule has 0 unspecified atom stereocenters. The molecule has 8 nitrogen and oxygen atoms in total. The van der Waals surface area contributed by atoms with Gasteiger partial charge in [0.2, 0.25) is 0 Å². The van der Waals surface area contributed by atoms with E-state index in [-0.39, 0.29) is 12.5 Å². The molecule has 0 aliphatic heterocycles. The summed E-state index contributed by atoms with van der Waals surface area (Å²) >= 11 is 0. The number of benzene rings is 2. The first-order valence-electron chi connectivity index (χ1n) is 11.4. The summed E-state index contributed by atoms with van der Waals surface area (Å²) in [5, 5.41) is 9.01. The average Bonchev–Trinajstić information content (AvgIpc) is 3.37. The van der Waals surface area contributed by atoms with E-state index in [2.05, 4.69) is 9.97 Å². The van der Waals surface area contributed by atoms with Crippen molar-refractivity contribution >= 4 is 17.5 Å². The number of carboxylic acid groups (broad SMARTS) is 1. The van der Waals surface area contributed by atoms with Crippen molar-refractivity contribution < 1.29 is 19.4 Å². The van der Waals surface area contributed by atoms with Crippen LogP contribution in [-0.4, -0.2) is 47.3 Å². The Morgan fingerprint density at radius 1 is 1.12 bits per heavy atom. The summed E-state index contributed by atoms with van der Waals surface area (Å²) in [6, 6.07) is 14.4. The van der Waals surface area contributed by atoms with Gasteiger partial charge in [-0.2, -0.15) is 0 Å². The van der Waals surface area contributed by atoms with Crippen LogP contribution in [0.2, 0.25) is 0 Å². The van der Waals surface area contributed by atoms with E-state index in [0.29, 0.717) is 0 Å². The lowest BCUT2D eigenvalue weighted by Gasteiger charge is -2.22. The summed E-state index contributed by atoms with van der Waals surface area (Å²) in [5.41, 5.74) is 9.10. The Morgan fingerprint density at radius 3 is 2.53 bits per heavy atom. The summed E-state index contributed by atoms with van der Waals surface area (Å²) in [6.45, 7) is 0. The highest BCUT2D eigenvalue weighted by molar-refractivity contribution is 5.73. The average molecular weight is 463 g/mol. The molecule has 1 heterocycles. The third-order valence-electron chi connectivity index (χ3n) is 6.15. The van der Waals surface area contributed by atoms with E-state index in [1.165, 1.54) is 19.2 Å². The number of methoxy groups -OCH3 is 1. The fourth-order valence-corrected chi connectivity index (χ4v) is 4.13. The maximum atomic E-state index is 11.0. The molecule has 0 radical (unpaired) electrons. The van der Waals surface area contributed by atoms with Gasteiger partial charge in [-0.1, -0.05) is 24.3 Å². The lowest BCUT2D eigenvalue weighted by Crippen LogP contribution is -2.32. The first kappa shape index (κ1) is 23.5. The lowest BCUT2D eigenvalue weighted by molar-refractivity contribution is -0.138. The van der Waals surface area contributed by atoms with Gasteiger partial charge in [0.05, 0.1) is 18.9 Å². The van der Waals surface area contributed by atoms with Crippen LogP contribution in [0.25, 0.3) is 11.3 Å². The highest BCUT2D eigenvalue weighted by Gasteiger charge is 2.20. The molecule has 34 heavy (non-hydrogen) atoms. The summed E-state index contributed by atoms with van der Waals surface area (Å²) in [6.07, 6.45) is 6.57. The minimum Gasteiger partial charge on any atom is -0.493 e. The predicted molar refractivity (Wildman–Crippen MR) is 131 cm³/mol. The topological polar surface area (TPSA) is 111 Å². The number of carbonyl (C=O) groups is 1. The number of nitrogens with two attached hydrogens (primary N) is 1. The Labute approximate surface area is 199 Å². The van der Waals surface area contributed by atoms with E-state index in [0.717, 1.165) is 52.7 Å². The molecule has 0 saturated heterocycles. The first-order chi connectivity index (χ1) is 16.4. The first-order valence-corrected chi connectivity index (χ1v) is 11.4. The standard InChI is InChI=1S/C26H30N4O4/c1-30(19-11-12-23(33-2)24(14-19)34-20-5-3-4-6-20)25-15-22(28-16-29-25)18-9-7-17(8-10-18)13-21(27)26(31)32/h7-12,14-16,20-21H,3-6,13,27H2,1-2H3,(H,31,32)/t21-/m0/s1. The maximum absolute atomic E-state index is 11.0. The second-order valence-electron chi connectivity index (χ2n) is 8.53. The molecule has 8 heteroatoms. The lowest BCUT2D eigenvalue weighted by atomic mass is 10.0. The molecule has 4 rings (SSSR count). The smallest absolute Gasteiger partial charge is 0.320 e. The van der Waals surface area contributed by atoms with E-state index in [9.17, 15) is 4.79 Å². The number of anilines is 2. The molecule has 0 amide bonds. The number of aliphatic carboxylic acids is 1. The molecule has 178 valence electrons. The van der Waals surface area contributed by atoms with E-state index < -0.39 is 12.0 Å².